The number of ether oxygens (including phenoxy) is 3. The van der Waals surface area contributed by atoms with Gasteiger partial charge in [-0.25, -0.2) is 4.79 Å². The van der Waals surface area contributed by atoms with Crippen molar-refractivity contribution in [3.63, 3.8) is 0 Å². The van der Waals surface area contributed by atoms with Gasteiger partial charge in [0.25, 0.3) is 0 Å². The zero-order valence-corrected chi connectivity index (χ0v) is 11.1. The molecule has 0 spiro atoms. The molecule has 0 atom stereocenters. The Labute approximate surface area is 120 Å². The number of carbonyl (C=O) groups is 1. The van der Waals surface area contributed by atoms with Crippen LogP contribution in [0.1, 0.15) is 15.9 Å². The summed E-state index contributed by atoms with van der Waals surface area (Å²) in [6, 6.07) is 9.22. The second-order valence-corrected chi connectivity index (χ2v) is 4.98. The van der Waals surface area contributed by atoms with Crippen LogP contribution in [0.3, 0.4) is 0 Å². The van der Waals surface area contributed by atoms with Crippen LogP contribution < -0.4 is 14.2 Å². The summed E-state index contributed by atoms with van der Waals surface area (Å²) in [6.45, 7) is 0.747. The van der Waals surface area contributed by atoms with Gasteiger partial charge < -0.3 is 19.3 Å². The largest absolute Gasteiger partial charge is 0.492 e. The van der Waals surface area contributed by atoms with E-state index in [-0.39, 0.29) is 12.4 Å². The van der Waals surface area contributed by atoms with E-state index in [0.717, 1.165) is 23.1 Å². The first-order valence-electron chi connectivity index (χ1n) is 6.65. The van der Waals surface area contributed by atoms with Crippen LogP contribution in [0.15, 0.2) is 30.3 Å². The summed E-state index contributed by atoms with van der Waals surface area (Å²) < 4.78 is 16.1. The lowest BCUT2D eigenvalue weighted by Gasteiger charge is -2.09. The number of benzene rings is 2. The average Bonchev–Trinajstić information content (AvgIpc) is 3.13. The van der Waals surface area contributed by atoms with Crippen LogP contribution in [0, 0.1) is 0 Å². The fraction of sp³-hybridized carbons (Fsp3) is 0.188. The van der Waals surface area contributed by atoms with Gasteiger partial charge in [-0.1, -0.05) is 6.07 Å². The van der Waals surface area contributed by atoms with Crippen molar-refractivity contribution in [1.29, 1.82) is 0 Å². The summed E-state index contributed by atoms with van der Waals surface area (Å²) in [4.78, 5) is 11.4. The van der Waals surface area contributed by atoms with E-state index in [0.29, 0.717) is 23.9 Å². The fourth-order valence-corrected chi connectivity index (χ4v) is 2.71. The molecule has 5 nitrogen and oxygen atoms in total. The van der Waals surface area contributed by atoms with Gasteiger partial charge in [-0.05, 0) is 41.0 Å². The Morgan fingerprint density at radius 1 is 1.00 bits per heavy atom. The minimum absolute atomic E-state index is 0.206. The normalized spacial score (nSPS) is 14.7. The Balaban J connectivity index is 1.85. The highest BCUT2D eigenvalue weighted by molar-refractivity contribution is 5.93. The first-order chi connectivity index (χ1) is 10.2. The molecule has 0 aliphatic carbocycles. The number of carboxylic acid groups (broad SMARTS) is 1. The van der Waals surface area contributed by atoms with Crippen molar-refractivity contribution in [2.24, 2.45) is 0 Å². The summed E-state index contributed by atoms with van der Waals surface area (Å²) >= 11 is 0. The van der Waals surface area contributed by atoms with E-state index in [4.69, 9.17) is 14.2 Å². The van der Waals surface area contributed by atoms with Crippen LogP contribution in [0.2, 0.25) is 0 Å². The molecule has 2 aliphatic heterocycles. The highest BCUT2D eigenvalue weighted by Crippen LogP contribution is 2.39. The zero-order valence-electron chi connectivity index (χ0n) is 11.1. The molecule has 0 saturated carbocycles. The van der Waals surface area contributed by atoms with Crippen LogP contribution in [-0.2, 0) is 6.42 Å². The molecule has 106 valence electrons. The smallest absolute Gasteiger partial charge is 0.339 e. The van der Waals surface area contributed by atoms with Crippen LogP contribution in [0.4, 0.5) is 0 Å². The van der Waals surface area contributed by atoms with Gasteiger partial charge in [-0.15, -0.1) is 0 Å². The molecule has 4 rings (SSSR count). The standard InChI is InChI=1S/C16H12O5/c17-16(18)12-6-11(5-10-3-4-19-15(10)12)9-1-2-13-14(7-9)21-8-20-13/h1-2,5-7H,3-4,8H2,(H,17,18). The molecule has 0 radical (unpaired) electrons. The molecule has 0 aromatic heterocycles. The summed E-state index contributed by atoms with van der Waals surface area (Å²) in [5.41, 5.74) is 2.88. The molecule has 2 aliphatic rings. The quantitative estimate of drug-likeness (QED) is 0.918. The van der Waals surface area contributed by atoms with Crippen molar-refractivity contribution < 1.29 is 24.1 Å². The predicted octanol–water partition coefficient (Wildman–Crippen LogP) is 2.72. The Hall–Kier alpha value is -2.69. The molecular formula is C16H12O5. The summed E-state index contributed by atoms with van der Waals surface area (Å²) in [5, 5.41) is 9.35. The van der Waals surface area contributed by atoms with Crippen LogP contribution in [0.25, 0.3) is 11.1 Å². The van der Waals surface area contributed by atoms with Gasteiger partial charge in [0.1, 0.15) is 11.3 Å². The molecular weight excluding hydrogens is 272 g/mol. The van der Waals surface area contributed by atoms with Gasteiger partial charge in [0.05, 0.1) is 6.61 Å². The Morgan fingerprint density at radius 2 is 1.86 bits per heavy atom. The second-order valence-electron chi connectivity index (χ2n) is 4.98. The Bertz CT molecular complexity index is 751. The van der Waals surface area contributed by atoms with Crippen molar-refractivity contribution in [3.05, 3.63) is 41.5 Å². The van der Waals surface area contributed by atoms with E-state index < -0.39 is 5.97 Å². The molecule has 0 amide bonds. The maximum absolute atomic E-state index is 11.4. The van der Waals surface area contributed by atoms with Gasteiger partial charge in [-0.2, -0.15) is 0 Å². The van der Waals surface area contributed by atoms with Crippen LogP contribution >= 0.6 is 0 Å². The molecule has 2 aromatic carbocycles. The second kappa shape index (κ2) is 4.41. The summed E-state index contributed by atoms with van der Waals surface area (Å²) in [6.07, 6.45) is 0.730. The van der Waals surface area contributed by atoms with E-state index in [1.54, 1.807) is 6.07 Å². The van der Waals surface area contributed by atoms with Crippen molar-refractivity contribution >= 4 is 5.97 Å². The van der Waals surface area contributed by atoms with Gasteiger partial charge in [0, 0.05) is 6.42 Å². The first-order valence-corrected chi connectivity index (χ1v) is 6.65. The van der Waals surface area contributed by atoms with E-state index in [9.17, 15) is 9.90 Å². The SMILES string of the molecule is O=C(O)c1cc(-c2ccc3c(c2)OCO3)cc2c1OCC2. The number of aromatic carboxylic acids is 1. The van der Waals surface area contributed by atoms with Gasteiger partial charge in [0.15, 0.2) is 11.5 Å². The lowest BCUT2D eigenvalue weighted by Crippen LogP contribution is -2.00. The molecule has 0 saturated heterocycles. The summed E-state index contributed by atoms with van der Waals surface area (Å²) in [5.74, 6) is 0.908. The molecule has 1 N–H and O–H groups in total. The first kappa shape index (κ1) is 12.1. The predicted molar refractivity (Wildman–Crippen MR) is 74.2 cm³/mol. The maximum atomic E-state index is 11.4. The number of fused-ring (bicyclic) bond motifs is 2. The Kier molecular flexibility index (Phi) is 2.54. The van der Waals surface area contributed by atoms with E-state index in [1.807, 2.05) is 24.3 Å². The number of carboxylic acids is 1. The van der Waals surface area contributed by atoms with Gasteiger partial charge in [0.2, 0.25) is 6.79 Å². The minimum atomic E-state index is -0.976. The fourth-order valence-electron chi connectivity index (χ4n) is 2.71. The molecule has 0 bridgehead atoms. The van der Waals surface area contributed by atoms with Crippen molar-refractivity contribution in [3.8, 4) is 28.4 Å². The third-order valence-electron chi connectivity index (χ3n) is 3.72. The van der Waals surface area contributed by atoms with Crippen molar-refractivity contribution in [1.82, 2.24) is 0 Å². The van der Waals surface area contributed by atoms with E-state index >= 15 is 0 Å². The molecule has 2 heterocycles. The van der Waals surface area contributed by atoms with E-state index in [1.165, 1.54) is 0 Å². The van der Waals surface area contributed by atoms with E-state index in [2.05, 4.69) is 0 Å². The average molecular weight is 284 g/mol. The highest BCUT2D eigenvalue weighted by atomic mass is 16.7. The summed E-state index contributed by atoms with van der Waals surface area (Å²) in [7, 11) is 0. The van der Waals surface area contributed by atoms with Crippen molar-refractivity contribution in [2.75, 3.05) is 13.4 Å². The Morgan fingerprint density at radius 3 is 2.71 bits per heavy atom. The van der Waals surface area contributed by atoms with Crippen molar-refractivity contribution in [2.45, 2.75) is 6.42 Å². The maximum Gasteiger partial charge on any atom is 0.339 e. The third-order valence-corrected chi connectivity index (χ3v) is 3.72. The van der Waals surface area contributed by atoms with Crippen LogP contribution in [0.5, 0.6) is 17.2 Å². The molecule has 5 heteroatoms. The molecule has 0 fully saturated rings. The molecule has 2 aromatic rings. The number of rotatable bonds is 2. The monoisotopic (exact) mass is 284 g/mol. The highest BCUT2D eigenvalue weighted by Gasteiger charge is 2.23. The van der Waals surface area contributed by atoms with Gasteiger partial charge >= 0.3 is 5.97 Å². The number of hydrogen-bond acceptors (Lipinski definition) is 4. The van der Waals surface area contributed by atoms with Gasteiger partial charge in [-0.3, -0.25) is 0 Å². The third kappa shape index (κ3) is 1.89. The number of hydrogen-bond donors (Lipinski definition) is 1. The lowest BCUT2D eigenvalue weighted by atomic mass is 9.98. The topological polar surface area (TPSA) is 65.0 Å². The molecule has 21 heavy (non-hydrogen) atoms. The minimum Gasteiger partial charge on any atom is -0.492 e. The van der Waals surface area contributed by atoms with Crippen LogP contribution in [-0.4, -0.2) is 24.5 Å². The lowest BCUT2D eigenvalue weighted by molar-refractivity contribution is 0.0693. The zero-order chi connectivity index (χ0) is 14.4. The molecule has 0 unspecified atom stereocenters.